The van der Waals surface area contributed by atoms with Crippen LogP contribution in [0.15, 0.2) is 40.3 Å². The number of H-pyrrole nitrogens is 1. The lowest BCUT2D eigenvalue weighted by atomic mass is 10.1. The second kappa shape index (κ2) is 6.20. The summed E-state index contributed by atoms with van der Waals surface area (Å²) >= 11 is 1.29. The van der Waals surface area contributed by atoms with Gasteiger partial charge in [0.1, 0.15) is 5.82 Å². The van der Waals surface area contributed by atoms with E-state index in [1.807, 2.05) is 0 Å². The highest BCUT2D eigenvalue weighted by molar-refractivity contribution is 7.99. The number of nitrogens with one attached hydrogen (secondary N) is 1. The first kappa shape index (κ1) is 14.1. The molecule has 0 amide bonds. The lowest BCUT2D eigenvalue weighted by Gasteiger charge is -2.03. The molecule has 0 fully saturated rings. The Morgan fingerprint density at radius 2 is 2.15 bits per heavy atom. The van der Waals surface area contributed by atoms with Gasteiger partial charge in [0, 0.05) is 23.4 Å². The Balaban J connectivity index is 2.03. The van der Waals surface area contributed by atoms with Crippen molar-refractivity contribution >= 4 is 23.3 Å². The van der Waals surface area contributed by atoms with Crippen molar-refractivity contribution in [1.82, 2.24) is 9.97 Å². The molecule has 1 aromatic heterocycles. The zero-order valence-electron chi connectivity index (χ0n) is 10.4. The van der Waals surface area contributed by atoms with Gasteiger partial charge in [-0.15, -0.1) is 0 Å². The third-order valence-electron chi connectivity index (χ3n) is 2.54. The van der Waals surface area contributed by atoms with E-state index in [2.05, 4.69) is 9.97 Å². The van der Waals surface area contributed by atoms with Gasteiger partial charge in [0.25, 0.3) is 11.2 Å². The summed E-state index contributed by atoms with van der Waals surface area (Å²) in [7, 11) is 0. The second-order valence-corrected chi connectivity index (χ2v) is 5.04. The van der Waals surface area contributed by atoms with E-state index in [-0.39, 0.29) is 17.1 Å². The molecule has 0 saturated carbocycles. The average molecular weight is 292 g/mol. The number of hydrogen-bond acceptors (Lipinski definition) is 6. The number of para-hydroxylation sites is 1. The van der Waals surface area contributed by atoms with Crippen LogP contribution in [-0.4, -0.2) is 20.6 Å². The predicted molar refractivity (Wildman–Crippen MR) is 76.8 cm³/mol. The quantitative estimate of drug-likeness (QED) is 0.374. The van der Waals surface area contributed by atoms with Gasteiger partial charge in [-0.2, -0.15) is 0 Å². The van der Waals surface area contributed by atoms with Crippen molar-refractivity contribution in [2.45, 2.75) is 11.6 Å². The van der Waals surface area contributed by atoms with Crippen molar-refractivity contribution in [2.75, 3.05) is 11.5 Å². The Labute approximate surface area is 118 Å². The van der Waals surface area contributed by atoms with Crippen molar-refractivity contribution in [2.24, 2.45) is 0 Å². The van der Waals surface area contributed by atoms with E-state index in [0.29, 0.717) is 22.9 Å². The van der Waals surface area contributed by atoms with E-state index < -0.39 is 4.92 Å². The Morgan fingerprint density at radius 1 is 1.40 bits per heavy atom. The molecule has 1 heterocycles. The molecule has 0 bridgehead atoms. The van der Waals surface area contributed by atoms with Gasteiger partial charge in [0.05, 0.1) is 4.92 Å². The topological polar surface area (TPSA) is 115 Å². The third-order valence-corrected chi connectivity index (χ3v) is 3.41. The molecule has 2 aromatic rings. The molecule has 0 aliphatic rings. The van der Waals surface area contributed by atoms with E-state index in [1.165, 1.54) is 23.9 Å². The number of nitrogen functional groups attached to an aromatic ring is 1. The lowest BCUT2D eigenvalue weighted by molar-refractivity contribution is -0.385. The molecule has 2 rings (SSSR count). The summed E-state index contributed by atoms with van der Waals surface area (Å²) in [6.07, 6.45) is 0.500. The number of thioether (sulfide) groups is 1. The third kappa shape index (κ3) is 3.58. The van der Waals surface area contributed by atoms with Crippen molar-refractivity contribution in [1.29, 1.82) is 0 Å². The average Bonchev–Trinajstić information content (AvgIpc) is 2.38. The largest absolute Gasteiger partial charge is 0.383 e. The van der Waals surface area contributed by atoms with Gasteiger partial charge < -0.3 is 10.7 Å². The molecular weight excluding hydrogens is 280 g/mol. The van der Waals surface area contributed by atoms with Crippen LogP contribution in [0.3, 0.4) is 0 Å². The number of benzene rings is 1. The molecule has 0 saturated heterocycles. The maximum Gasteiger partial charge on any atom is 0.272 e. The van der Waals surface area contributed by atoms with Gasteiger partial charge in [-0.1, -0.05) is 30.0 Å². The highest BCUT2D eigenvalue weighted by Crippen LogP contribution is 2.21. The van der Waals surface area contributed by atoms with Crippen molar-refractivity contribution in [3.8, 4) is 0 Å². The summed E-state index contributed by atoms with van der Waals surface area (Å²) in [6.45, 7) is 0. The van der Waals surface area contributed by atoms with Crippen LogP contribution in [0.5, 0.6) is 0 Å². The SMILES string of the molecule is Nc1cc(=O)[nH]c(SCCc2ccccc2[N+](=O)[O-])n1. The summed E-state index contributed by atoms with van der Waals surface area (Å²) < 4.78 is 0. The van der Waals surface area contributed by atoms with Crippen LogP contribution < -0.4 is 11.3 Å². The summed E-state index contributed by atoms with van der Waals surface area (Å²) in [5.74, 6) is 0.707. The number of hydrogen-bond donors (Lipinski definition) is 2. The highest BCUT2D eigenvalue weighted by Gasteiger charge is 2.12. The van der Waals surface area contributed by atoms with E-state index in [9.17, 15) is 14.9 Å². The normalized spacial score (nSPS) is 10.4. The molecule has 0 spiro atoms. The molecule has 7 nitrogen and oxygen atoms in total. The molecule has 20 heavy (non-hydrogen) atoms. The van der Waals surface area contributed by atoms with Gasteiger partial charge in [-0.25, -0.2) is 4.98 Å². The van der Waals surface area contributed by atoms with Gasteiger partial charge in [-0.3, -0.25) is 14.9 Å². The Hall–Kier alpha value is -2.35. The second-order valence-electron chi connectivity index (χ2n) is 3.96. The Morgan fingerprint density at radius 3 is 2.85 bits per heavy atom. The minimum absolute atomic E-state index is 0.0992. The number of aryl methyl sites for hydroxylation is 1. The predicted octanol–water partition coefficient (Wildman–Crippen LogP) is 1.60. The van der Waals surface area contributed by atoms with E-state index in [4.69, 9.17) is 5.73 Å². The fraction of sp³-hybridized carbons (Fsp3) is 0.167. The number of aromatic nitrogens is 2. The van der Waals surface area contributed by atoms with Crippen LogP contribution in [0.1, 0.15) is 5.56 Å². The fourth-order valence-electron chi connectivity index (χ4n) is 1.68. The maximum atomic E-state index is 11.2. The van der Waals surface area contributed by atoms with Crippen LogP contribution in [0.4, 0.5) is 11.5 Å². The molecule has 3 N–H and O–H groups in total. The van der Waals surface area contributed by atoms with Crippen molar-refractivity contribution in [3.05, 3.63) is 56.4 Å². The minimum Gasteiger partial charge on any atom is -0.383 e. The molecular formula is C12H12N4O3S. The molecule has 0 atom stereocenters. The number of nitro benzene ring substituents is 1. The van der Waals surface area contributed by atoms with Crippen molar-refractivity contribution in [3.63, 3.8) is 0 Å². The number of nitrogens with two attached hydrogens (primary N) is 1. The van der Waals surface area contributed by atoms with Gasteiger partial charge in [0.2, 0.25) is 0 Å². The van der Waals surface area contributed by atoms with Crippen LogP contribution >= 0.6 is 11.8 Å². The number of nitro groups is 1. The summed E-state index contributed by atoms with van der Waals surface area (Å²) in [4.78, 5) is 28.2. The van der Waals surface area contributed by atoms with Crippen molar-refractivity contribution < 1.29 is 4.92 Å². The minimum atomic E-state index is -0.402. The molecule has 104 valence electrons. The molecule has 0 radical (unpaired) electrons. The van der Waals surface area contributed by atoms with Gasteiger partial charge in [0.15, 0.2) is 5.16 Å². The Bertz CT molecular complexity index is 686. The zero-order chi connectivity index (χ0) is 14.5. The monoisotopic (exact) mass is 292 g/mol. The molecule has 0 aliphatic heterocycles. The van der Waals surface area contributed by atoms with Gasteiger partial charge >= 0.3 is 0 Å². The fourth-order valence-corrected chi connectivity index (χ4v) is 2.54. The number of anilines is 1. The van der Waals surface area contributed by atoms with Crippen LogP contribution in [0, 0.1) is 10.1 Å². The van der Waals surface area contributed by atoms with Gasteiger partial charge in [-0.05, 0) is 6.42 Å². The van der Waals surface area contributed by atoms with Crippen LogP contribution in [0.25, 0.3) is 0 Å². The molecule has 0 unspecified atom stereocenters. The van der Waals surface area contributed by atoms with Crippen LogP contribution in [-0.2, 0) is 6.42 Å². The lowest BCUT2D eigenvalue weighted by Crippen LogP contribution is -2.09. The Kier molecular flexibility index (Phi) is 4.36. The summed E-state index contributed by atoms with van der Waals surface area (Å²) in [5.41, 5.74) is 5.91. The summed E-state index contributed by atoms with van der Waals surface area (Å²) in [6, 6.07) is 7.78. The zero-order valence-corrected chi connectivity index (χ0v) is 11.2. The molecule has 8 heteroatoms. The number of nitrogens with zero attached hydrogens (tertiary/aromatic N) is 2. The van der Waals surface area contributed by atoms with E-state index >= 15 is 0 Å². The standard InChI is InChI=1S/C12H12N4O3S/c13-10-7-11(17)15-12(14-10)20-6-5-8-3-1-2-4-9(8)16(18)19/h1-4,7H,5-6H2,(H3,13,14,15,17). The van der Waals surface area contributed by atoms with E-state index in [1.54, 1.807) is 18.2 Å². The smallest absolute Gasteiger partial charge is 0.272 e. The highest BCUT2D eigenvalue weighted by atomic mass is 32.2. The molecule has 1 aromatic carbocycles. The molecule has 0 aliphatic carbocycles. The first-order valence-electron chi connectivity index (χ1n) is 5.78. The van der Waals surface area contributed by atoms with Crippen LogP contribution in [0.2, 0.25) is 0 Å². The first-order valence-corrected chi connectivity index (χ1v) is 6.77. The number of rotatable bonds is 5. The number of aromatic amines is 1. The summed E-state index contributed by atoms with van der Waals surface area (Å²) in [5, 5.41) is 11.3. The van der Waals surface area contributed by atoms with E-state index in [0.717, 1.165) is 0 Å². The maximum absolute atomic E-state index is 11.2. The first-order chi connectivity index (χ1) is 9.56.